The van der Waals surface area contributed by atoms with Crippen LogP contribution in [0, 0.1) is 0 Å². The molecule has 0 unspecified atom stereocenters. The zero-order chi connectivity index (χ0) is 46.1. The van der Waals surface area contributed by atoms with Crippen LogP contribution in [0.5, 0.6) is 0 Å². The highest BCUT2D eigenvalue weighted by Gasteiger charge is 2.27. The molecule has 2 heteroatoms. The SMILES string of the molecule is c1cc(-c2ccc3ccccc3c2)cc(-c2c3cc(N4c5ccccc5CCc5ccccc54)ccc3c(-c3cccc4ccccc34)c3cc(N4c5ccccc5CCc5ccccc54)ccc23)c1. The summed E-state index contributed by atoms with van der Waals surface area (Å²) in [5.74, 6) is 0. The minimum Gasteiger partial charge on any atom is -0.310 e. The second-order valence-electron chi connectivity index (χ2n) is 19.1. The zero-order valence-corrected chi connectivity index (χ0v) is 38.8. The Morgan fingerprint density at radius 3 is 1.29 bits per heavy atom. The summed E-state index contributed by atoms with van der Waals surface area (Å²) in [5, 5.41) is 9.86. The smallest absolute Gasteiger partial charge is 0.0493 e. The Hall–Kier alpha value is -8.72. The van der Waals surface area contributed by atoms with Crippen molar-refractivity contribution in [2.24, 2.45) is 0 Å². The van der Waals surface area contributed by atoms with Gasteiger partial charge in [-0.2, -0.15) is 0 Å². The molecule has 2 aliphatic rings. The van der Waals surface area contributed by atoms with Crippen molar-refractivity contribution >= 4 is 77.2 Å². The van der Waals surface area contributed by atoms with Crippen LogP contribution in [0.2, 0.25) is 0 Å². The first-order chi connectivity index (χ1) is 34.7. The van der Waals surface area contributed by atoms with Crippen molar-refractivity contribution in [3.8, 4) is 33.4 Å². The van der Waals surface area contributed by atoms with Gasteiger partial charge >= 0.3 is 0 Å². The Kier molecular flexibility index (Phi) is 9.52. The van der Waals surface area contributed by atoms with E-state index < -0.39 is 0 Å². The van der Waals surface area contributed by atoms with Crippen LogP contribution in [-0.2, 0) is 25.7 Å². The number of nitrogens with zero attached hydrogens (tertiary/aromatic N) is 2. The molecule has 70 heavy (non-hydrogen) atoms. The topological polar surface area (TPSA) is 6.48 Å². The Labute approximate surface area is 409 Å². The van der Waals surface area contributed by atoms with Crippen molar-refractivity contribution in [1.29, 1.82) is 0 Å². The van der Waals surface area contributed by atoms with Crippen molar-refractivity contribution in [2.75, 3.05) is 9.80 Å². The molecule has 14 rings (SSSR count). The largest absolute Gasteiger partial charge is 0.310 e. The van der Waals surface area contributed by atoms with Crippen molar-refractivity contribution in [1.82, 2.24) is 0 Å². The van der Waals surface area contributed by atoms with Crippen LogP contribution >= 0.6 is 0 Å². The minimum atomic E-state index is 0.994. The summed E-state index contributed by atoms with van der Waals surface area (Å²) >= 11 is 0. The van der Waals surface area contributed by atoms with Gasteiger partial charge in [-0.1, -0.05) is 182 Å². The summed E-state index contributed by atoms with van der Waals surface area (Å²) in [6, 6.07) is 91.1. The second-order valence-corrected chi connectivity index (χ2v) is 19.1. The van der Waals surface area contributed by atoms with Crippen molar-refractivity contribution in [3.05, 3.63) is 265 Å². The van der Waals surface area contributed by atoms with Crippen LogP contribution in [-0.4, -0.2) is 0 Å². The summed E-state index contributed by atoms with van der Waals surface area (Å²) in [5.41, 5.74) is 20.0. The summed E-state index contributed by atoms with van der Waals surface area (Å²) in [6.45, 7) is 0. The molecule has 0 spiro atoms. The molecule has 0 radical (unpaired) electrons. The van der Waals surface area contributed by atoms with E-state index in [1.165, 1.54) is 121 Å². The fraction of sp³-hybridized carbons (Fsp3) is 0.0588. The Morgan fingerprint density at radius 2 is 0.686 bits per heavy atom. The molecule has 2 nitrogen and oxygen atoms in total. The van der Waals surface area contributed by atoms with Crippen LogP contribution in [0.15, 0.2) is 243 Å². The van der Waals surface area contributed by atoms with Gasteiger partial charge in [-0.15, -0.1) is 0 Å². The summed E-state index contributed by atoms with van der Waals surface area (Å²) in [7, 11) is 0. The maximum absolute atomic E-state index is 2.52. The monoisotopic (exact) mass is 892 g/mol. The highest BCUT2D eigenvalue weighted by atomic mass is 15.2. The van der Waals surface area contributed by atoms with Gasteiger partial charge in [0.1, 0.15) is 0 Å². The number of fused-ring (bicyclic) bond motifs is 8. The molecule has 2 aliphatic heterocycles. The number of aryl methyl sites for hydroxylation is 4. The first-order valence-electron chi connectivity index (χ1n) is 24.7. The molecule has 0 atom stereocenters. The molecule has 0 saturated carbocycles. The highest BCUT2D eigenvalue weighted by molar-refractivity contribution is 6.25. The lowest BCUT2D eigenvalue weighted by Crippen LogP contribution is -2.12. The standard InChI is InChI=1S/C68H48N2/c1-2-21-51-41-53(36-31-45(51)15-1)52-23-13-24-54(42-52)67-59-39-37-56(70-65-29-11-6-19-49(65)34-35-50-20-7-12-30-66(50)70)44-62(59)68(58-26-14-22-46-16-3-8-25-57(46)58)60-40-38-55(43-61(60)67)69-63-27-9-4-17-47(63)32-33-48-18-5-10-28-64(48)69/h1-31,36-44H,32-35H2. The lowest BCUT2D eigenvalue weighted by molar-refractivity contribution is 0.977. The van der Waals surface area contributed by atoms with E-state index in [2.05, 4.69) is 252 Å². The average molecular weight is 893 g/mol. The van der Waals surface area contributed by atoms with E-state index in [4.69, 9.17) is 0 Å². The van der Waals surface area contributed by atoms with Gasteiger partial charge in [0.05, 0.1) is 0 Å². The molecule has 2 heterocycles. The van der Waals surface area contributed by atoms with Gasteiger partial charge in [0.25, 0.3) is 0 Å². The lowest BCUT2D eigenvalue weighted by atomic mass is 9.83. The number of hydrogen-bond acceptors (Lipinski definition) is 2. The zero-order valence-electron chi connectivity index (χ0n) is 38.8. The van der Waals surface area contributed by atoms with Gasteiger partial charge in [0.2, 0.25) is 0 Å². The molecule has 0 bridgehead atoms. The van der Waals surface area contributed by atoms with Crippen LogP contribution in [0.4, 0.5) is 34.1 Å². The fourth-order valence-electron chi connectivity index (χ4n) is 11.9. The number of hydrogen-bond donors (Lipinski definition) is 0. The van der Waals surface area contributed by atoms with E-state index in [1.54, 1.807) is 0 Å². The van der Waals surface area contributed by atoms with Gasteiger partial charge in [0.15, 0.2) is 0 Å². The van der Waals surface area contributed by atoms with Gasteiger partial charge in [-0.3, -0.25) is 0 Å². The molecule has 0 aliphatic carbocycles. The van der Waals surface area contributed by atoms with Gasteiger partial charge in [-0.25, -0.2) is 0 Å². The predicted octanol–water partition coefficient (Wildman–Crippen LogP) is 18.4. The Balaban J connectivity index is 1.10. The molecular formula is C68H48N2. The van der Waals surface area contributed by atoms with Crippen molar-refractivity contribution in [2.45, 2.75) is 25.7 Å². The van der Waals surface area contributed by atoms with E-state index in [1.807, 2.05) is 0 Å². The van der Waals surface area contributed by atoms with Gasteiger partial charge < -0.3 is 9.80 Å². The Morgan fingerprint density at radius 1 is 0.243 bits per heavy atom. The third-order valence-electron chi connectivity index (χ3n) is 15.2. The number of benzene rings is 12. The summed E-state index contributed by atoms with van der Waals surface area (Å²) in [4.78, 5) is 5.04. The number of anilines is 6. The summed E-state index contributed by atoms with van der Waals surface area (Å²) in [6.07, 6.45) is 3.98. The molecule has 0 N–H and O–H groups in total. The fourth-order valence-corrected chi connectivity index (χ4v) is 11.9. The maximum Gasteiger partial charge on any atom is 0.0493 e. The van der Waals surface area contributed by atoms with Crippen molar-refractivity contribution in [3.63, 3.8) is 0 Å². The molecule has 0 aromatic heterocycles. The van der Waals surface area contributed by atoms with E-state index in [0.717, 1.165) is 37.1 Å². The maximum atomic E-state index is 2.52. The molecule has 330 valence electrons. The molecular weight excluding hydrogens is 845 g/mol. The first-order valence-corrected chi connectivity index (χ1v) is 24.7. The molecule has 12 aromatic rings. The molecule has 12 aromatic carbocycles. The quantitative estimate of drug-likeness (QED) is 0.159. The highest BCUT2D eigenvalue weighted by Crippen LogP contribution is 2.51. The first kappa shape index (κ1) is 40.4. The number of para-hydroxylation sites is 4. The van der Waals surface area contributed by atoms with Crippen LogP contribution < -0.4 is 9.80 Å². The Bertz CT molecular complexity index is 3950. The van der Waals surface area contributed by atoms with Gasteiger partial charge in [-0.05, 0) is 185 Å². The van der Waals surface area contributed by atoms with E-state index in [-0.39, 0.29) is 0 Å². The minimum absolute atomic E-state index is 0.994. The van der Waals surface area contributed by atoms with E-state index in [9.17, 15) is 0 Å². The number of rotatable bonds is 5. The summed E-state index contributed by atoms with van der Waals surface area (Å²) < 4.78 is 0. The third kappa shape index (κ3) is 6.63. The van der Waals surface area contributed by atoms with Crippen LogP contribution in [0.1, 0.15) is 22.3 Å². The average Bonchev–Trinajstić information content (AvgIpc) is 3.70. The lowest BCUT2D eigenvalue weighted by Gasteiger charge is -2.29. The van der Waals surface area contributed by atoms with E-state index in [0.29, 0.717) is 0 Å². The van der Waals surface area contributed by atoms with Crippen molar-refractivity contribution < 1.29 is 0 Å². The van der Waals surface area contributed by atoms with E-state index >= 15 is 0 Å². The molecule has 0 fully saturated rings. The van der Waals surface area contributed by atoms with Gasteiger partial charge in [0, 0.05) is 34.1 Å². The third-order valence-corrected chi connectivity index (χ3v) is 15.2. The second kappa shape index (κ2) is 16.5. The molecule has 0 amide bonds. The van der Waals surface area contributed by atoms with Crippen LogP contribution in [0.25, 0.3) is 76.5 Å². The van der Waals surface area contributed by atoms with Crippen LogP contribution in [0.3, 0.4) is 0 Å². The predicted molar refractivity (Wildman–Crippen MR) is 297 cm³/mol. The molecule has 0 saturated heterocycles. The normalized spacial score (nSPS) is 13.1.